The van der Waals surface area contributed by atoms with Gasteiger partial charge in [0.25, 0.3) is 0 Å². The van der Waals surface area contributed by atoms with E-state index in [-0.39, 0.29) is 6.42 Å². The van der Waals surface area contributed by atoms with E-state index in [0.29, 0.717) is 24.3 Å². The van der Waals surface area contributed by atoms with Gasteiger partial charge in [-0.15, -0.1) is 0 Å². The molecule has 2 aromatic carbocycles. The van der Waals surface area contributed by atoms with Crippen molar-refractivity contribution in [3.05, 3.63) is 66.0 Å². The van der Waals surface area contributed by atoms with Crippen molar-refractivity contribution in [3.63, 3.8) is 0 Å². The molecule has 0 unspecified atom stereocenters. The van der Waals surface area contributed by atoms with Crippen LogP contribution in [0.4, 0.5) is 10.1 Å². The third-order valence-electron chi connectivity index (χ3n) is 6.95. The molecule has 3 heterocycles. The molecule has 3 fully saturated rings. The first-order valence-corrected chi connectivity index (χ1v) is 10.7. The number of ether oxygens (including phenoxy) is 1. The Morgan fingerprint density at radius 2 is 1.79 bits per heavy atom. The summed E-state index contributed by atoms with van der Waals surface area (Å²) in [7, 11) is 1.21. The van der Waals surface area contributed by atoms with Gasteiger partial charge in [-0.2, -0.15) is 0 Å². The Bertz CT molecular complexity index is 1140. The molecule has 0 aliphatic carbocycles. The molecule has 2 aromatic rings. The van der Waals surface area contributed by atoms with Crippen molar-refractivity contribution >= 4 is 29.4 Å². The average Bonchev–Trinajstić information content (AvgIpc) is 3.26. The number of halogens is 1. The summed E-state index contributed by atoms with van der Waals surface area (Å²) in [4.78, 5) is 56.3. The van der Waals surface area contributed by atoms with Crippen LogP contribution in [0.3, 0.4) is 0 Å². The van der Waals surface area contributed by atoms with E-state index in [1.807, 2.05) is 0 Å². The van der Waals surface area contributed by atoms with Crippen molar-refractivity contribution in [2.24, 2.45) is 11.8 Å². The zero-order chi connectivity index (χ0) is 23.3. The average molecular weight is 451 g/mol. The van der Waals surface area contributed by atoms with E-state index >= 15 is 0 Å². The molecule has 8 nitrogen and oxygen atoms in total. The number of fused-ring (bicyclic) bond motifs is 3. The Labute approximate surface area is 189 Å². The predicted octanol–water partition coefficient (Wildman–Crippen LogP) is 1.42. The van der Waals surface area contributed by atoms with Crippen molar-refractivity contribution in [2.45, 2.75) is 18.0 Å². The second-order valence-corrected chi connectivity index (χ2v) is 8.47. The van der Waals surface area contributed by atoms with E-state index in [9.17, 15) is 23.6 Å². The Balaban J connectivity index is 1.71. The number of nitrogens with one attached hydrogen (secondary N) is 1. The van der Waals surface area contributed by atoms with Gasteiger partial charge in [0.15, 0.2) is 0 Å². The van der Waals surface area contributed by atoms with Crippen LogP contribution in [-0.2, 0) is 23.9 Å². The normalized spacial score (nSPS) is 29.0. The molecule has 3 saturated heterocycles. The van der Waals surface area contributed by atoms with Gasteiger partial charge in [0.2, 0.25) is 17.7 Å². The SMILES string of the molecule is COC(=O)C[C@]12C(=O)NCCN1[C@H](c1ccc(F)cc1)[C@@H]1C(=O)N(c3ccccc3)C(=O)[C@@H]12. The van der Waals surface area contributed by atoms with Gasteiger partial charge in [0.1, 0.15) is 11.4 Å². The topological polar surface area (TPSA) is 96.0 Å². The van der Waals surface area contributed by atoms with Crippen LogP contribution in [0.5, 0.6) is 0 Å². The lowest BCUT2D eigenvalue weighted by Crippen LogP contribution is -2.67. The van der Waals surface area contributed by atoms with Crippen LogP contribution in [0.25, 0.3) is 0 Å². The highest BCUT2D eigenvalue weighted by Gasteiger charge is 2.73. The summed E-state index contributed by atoms with van der Waals surface area (Å²) < 4.78 is 18.6. The number of piperazine rings is 1. The summed E-state index contributed by atoms with van der Waals surface area (Å²) in [6.07, 6.45) is -0.379. The maximum Gasteiger partial charge on any atom is 0.307 e. The van der Waals surface area contributed by atoms with Gasteiger partial charge >= 0.3 is 5.97 Å². The molecular weight excluding hydrogens is 429 g/mol. The van der Waals surface area contributed by atoms with E-state index in [1.54, 1.807) is 47.4 Å². The number of methoxy groups -OCH3 is 1. The lowest BCUT2D eigenvalue weighted by Gasteiger charge is -2.45. The van der Waals surface area contributed by atoms with Crippen LogP contribution in [0.1, 0.15) is 18.0 Å². The van der Waals surface area contributed by atoms with Crippen molar-refractivity contribution in [1.82, 2.24) is 10.2 Å². The standard InChI is InChI=1S/C24H22FN3O5/c1-33-17(29)13-24-19-18(21(30)28(22(19)31)16-5-3-2-4-6-16)20(14-7-9-15(25)10-8-14)27(24)12-11-26-23(24)32/h2-10,18-20H,11-13H2,1H3,(H,26,32)/t18-,19-,20-,24+/m1/s1. The largest absolute Gasteiger partial charge is 0.469 e. The molecule has 0 bridgehead atoms. The molecule has 0 saturated carbocycles. The number of carbonyl (C=O) groups is 4. The lowest BCUT2D eigenvalue weighted by atomic mass is 9.76. The molecule has 170 valence electrons. The van der Waals surface area contributed by atoms with Crippen LogP contribution < -0.4 is 10.2 Å². The summed E-state index contributed by atoms with van der Waals surface area (Å²) in [5, 5.41) is 2.78. The number of para-hydroxylation sites is 1. The first-order valence-electron chi connectivity index (χ1n) is 10.7. The minimum atomic E-state index is -1.59. The minimum absolute atomic E-state index is 0.295. The molecule has 0 aromatic heterocycles. The van der Waals surface area contributed by atoms with Crippen LogP contribution >= 0.6 is 0 Å². The van der Waals surface area contributed by atoms with Crippen LogP contribution in [0, 0.1) is 17.7 Å². The second-order valence-electron chi connectivity index (χ2n) is 8.47. The molecular formula is C24H22FN3O5. The highest BCUT2D eigenvalue weighted by molar-refractivity contribution is 6.24. The van der Waals surface area contributed by atoms with Gasteiger partial charge in [-0.1, -0.05) is 30.3 Å². The molecule has 0 spiro atoms. The maximum atomic E-state index is 13.8. The number of hydrogen-bond acceptors (Lipinski definition) is 6. The molecule has 3 aliphatic rings. The number of nitrogens with zero attached hydrogens (tertiary/aromatic N) is 2. The molecule has 3 amide bonds. The molecule has 4 atom stereocenters. The van der Waals surface area contributed by atoms with Gasteiger partial charge < -0.3 is 10.1 Å². The summed E-state index contributed by atoms with van der Waals surface area (Å²) >= 11 is 0. The highest BCUT2D eigenvalue weighted by atomic mass is 19.1. The molecule has 0 radical (unpaired) electrons. The van der Waals surface area contributed by atoms with Gasteiger partial charge in [0.05, 0.1) is 31.1 Å². The minimum Gasteiger partial charge on any atom is -0.469 e. The quantitative estimate of drug-likeness (QED) is 0.558. The Kier molecular flexibility index (Phi) is 5.01. The summed E-state index contributed by atoms with van der Waals surface area (Å²) in [6, 6.07) is 13.5. The number of esters is 1. The van der Waals surface area contributed by atoms with E-state index in [2.05, 4.69) is 5.32 Å². The predicted molar refractivity (Wildman–Crippen MR) is 114 cm³/mol. The third kappa shape index (κ3) is 2.99. The van der Waals surface area contributed by atoms with E-state index in [1.165, 1.54) is 19.2 Å². The first kappa shape index (κ1) is 21.3. The van der Waals surface area contributed by atoms with Crippen molar-refractivity contribution in [3.8, 4) is 0 Å². The third-order valence-corrected chi connectivity index (χ3v) is 6.95. The zero-order valence-corrected chi connectivity index (χ0v) is 17.9. The summed E-state index contributed by atoms with van der Waals surface area (Å²) in [5.74, 6) is -4.59. The highest BCUT2D eigenvalue weighted by Crippen LogP contribution is 2.57. The number of amides is 3. The van der Waals surface area contributed by atoms with Gasteiger partial charge in [0, 0.05) is 19.1 Å². The maximum absolute atomic E-state index is 13.8. The molecule has 9 heteroatoms. The molecule has 1 N–H and O–H groups in total. The second kappa shape index (κ2) is 7.77. The number of benzene rings is 2. The van der Waals surface area contributed by atoms with E-state index in [0.717, 1.165) is 4.90 Å². The molecule has 5 rings (SSSR count). The number of anilines is 1. The van der Waals surface area contributed by atoms with Crippen LogP contribution in [0.2, 0.25) is 0 Å². The Morgan fingerprint density at radius 1 is 1.09 bits per heavy atom. The smallest absolute Gasteiger partial charge is 0.307 e. The fourth-order valence-corrected chi connectivity index (χ4v) is 5.65. The first-order chi connectivity index (χ1) is 15.9. The Morgan fingerprint density at radius 3 is 2.45 bits per heavy atom. The summed E-state index contributed by atoms with van der Waals surface area (Å²) in [5.41, 5.74) is -0.592. The molecule has 33 heavy (non-hydrogen) atoms. The monoisotopic (exact) mass is 451 g/mol. The van der Waals surface area contributed by atoms with Crippen LogP contribution in [0.15, 0.2) is 54.6 Å². The fraction of sp³-hybridized carbons (Fsp3) is 0.333. The number of rotatable bonds is 4. The van der Waals surface area contributed by atoms with Crippen molar-refractivity contribution < 1.29 is 28.3 Å². The fourth-order valence-electron chi connectivity index (χ4n) is 5.65. The van der Waals surface area contributed by atoms with Gasteiger partial charge in [-0.25, -0.2) is 9.29 Å². The van der Waals surface area contributed by atoms with Crippen molar-refractivity contribution in [1.29, 1.82) is 0 Å². The number of carbonyl (C=O) groups excluding carboxylic acids is 4. The number of hydrogen-bond donors (Lipinski definition) is 1. The lowest BCUT2D eigenvalue weighted by molar-refractivity contribution is -0.154. The van der Waals surface area contributed by atoms with Gasteiger partial charge in [-0.05, 0) is 29.8 Å². The van der Waals surface area contributed by atoms with E-state index in [4.69, 9.17) is 4.74 Å². The summed E-state index contributed by atoms with van der Waals surface area (Å²) in [6.45, 7) is 0.618. The zero-order valence-electron chi connectivity index (χ0n) is 17.9. The van der Waals surface area contributed by atoms with Crippen molar-refractivity contribution in [2.75, 3.05) is 25.1 Å². The Hall–Kier alpha value is -3.59. The molecule has 3 aliphatic heterocycles. The van der Waals surface area contributed by atoms with E-state index < -0.39 is 52.9 Å². The van der Waals surface area contributed by atoms with Crippen LogP contribution in [-0.4, -0.2) is 54.3 Å². The van der Waals surface area contributed by atoms with Gasteiger partial charge in [-0.3, -0.25) is 24.1 Å². The number of imide groups is 1.